The van der Waals surface area contributed by atoms with Gasteiger partial charge in [-0.15, -0.1) is 11.3 Å². The first-order valence-corrected chi connectivity index (χ1v) is 8.59. The average molecular weight is 368 g/mol. The van der Waals surface area contributed by atoms with E-state index in [-0.39, 0.29) is 5.91 Å². The number of hydrogen-bond acceptors (Lipinski definition) is 6. The molecule has 1 N–H and O–H groups in total. The molecule has 0 aliphatic carbocycles. The highest BCUT2D eigenvalue weighted by Gasteiger charge is 2.13. The number of anilines is 1. The molecule has 2 aromatic carbocycles. The number of hydrogen-bond donors (Lipinski definition) is 1. The normalized spacial score (nSPS) is 10.2. The third-order valence-electron chi connectivity index (χ3n) is 3.68. The highest BCUT2D eigenvalue weighted by molar-refractivity contribution is 7.14. The zero-order chi connectivity index (χ0) is 18.5. The first kappa shape index (κ1) is 17.6. The number of carbonyl (C=O) groups excluding carboxylic acids is 2. The summed E-state index contributed by atoms with van der Waals surface area (Å²) in [6, 6.07) is 13.8. The maximum atomic E-state index is 12.3. The van der Waals surface area contributed by atoms with Crippen LogP contribution in [0.25, 0.3) is 11.3 Å². The highest BCUT2D eigenvalue weighted by atomic mass is 32.1. The van der Waals surface area contributed by atoms with Crippen molar-refractivity contribution in [2.24, 2.45) is 0 Å². The molecule has 1 amide bonds. The van der Waals surface area contributed by atoms with Crippen LogP contribution in [0, 0.1) is 0 Å². The Bertz CT molecular complexity index is 935. The zero-order valence-corrected chi connectivity index (χ0v) is 15.0. The number of carbonyl (C=O) groups is 2. The van der Waals surface area contributed by atoms with Gasteiger partial charge >= 0.3 is 5.97 Å². The van der Waals surface area contributed by atoms with Gasteiger partial charge in [-0.05, 0) is 36.4 Å². The molecule has 0 radical (unpaired) electrons. The topological polar surface area (TPSA) is 77.5 Å². The second-order valence-corrected chi connectivity index (χ2v) is 6.12. The Hall–Kier alpha value is -3.19. The minimum atomic E-state index is -0.446. The number of nitrogens with one attached hydrogen (secondary N) is 1. The van der Waals surface area contributed by atoms with Crippen molar-refractivity contribution in [2.45, 2.75) is 0 Å². The van der Waals surface area contributed by atoms with Crippen LogP contribution in [0.15, 0.2) is 53.9 Å². The van der Waals surface area contributed by atoms with Crippen molar-refractivity contribution >= 4 is 28.3 Å². The van der Waals surface area contributed by atoms with E-state index in [4.69, 9.17) is 4.74 Å². The Morgan fingerprint density at radius 3 is 2.38 bits per heavy atom. The van der Waals surface area contributed by atoms with Crippen molar-refractivity contribution in [3.05, 3.63) is 65.0 Å². The highest BCUT2D eigenvalue weighted by Crippen LogP contribution is 2.31. The smallest absolute Gasteiger partial charge is 0.337 e. The van der Waals surface area contributed by atoms with Gasteiger partial charge in [0.15, 0.2) is 5.13 Å². The number of methoxy groups -OCH3 is 2. The van der Waals surface area contributed by atoms with E-state index in [1.165, 1.54) is 18.4 Å². The second-order valence-electron chi connectivity index (χ2n) is 5.26. The Kier molecular flexibility index (Phi) is 5.28. The van der Waals surface area contributed by atoms with E-state index in [0.29, 0.717) is 22.0 Å². The standard InChI is InChI=1S/C19H16N2O4S/c1-24-16-6-4-3-5-14(16)15-11-26-19(20-15)21-17(22)12-7-9-13(10-8-12)18(23)25-2/h3-11H,1-2H3,(H,20,21,22). The van der Waals surface area contributed by atoms with Gasteiger partial charge in [0.2, 0.25) is 0 Å². The van der Waals surface area contributed by atoms with Crippen LogP contribution in [-0.2, 0) is 4.74 Å². The summed E-state index contributed by atoms with van der Waals surface area (Å²) >= 11 is 1.33. The average Bonchev–Trinajstić information content (AvgIpc) is 3.15. The molecule has 7 heteroatoms. The van der Waals surface area contributed by atoms with E-state index in [2.05, 4.69) is 15.0 Å². The van der Waals surface area contributed by atoms with Crippen molar-refractivity contribution < 1.29 is 19.1 Å². The van der Waals surface area contributed by atoms with Crippen molar-refractivity contribution in [1.29, 1.82) is 0 Å². The molecule has 0 spiro atoms. The van der Waals surface area contributed by atoms with Gasteiger partial charge in [-0.3, -0.25) is 10.1 Å². The van der Waals surface area contributed by atoms with Crippen molar-refractivity contribution in [3.63, 3.8) is 0 Å². The number of para-hydroxylation sites is 1. The fourth-order valence-electron chi connectivity index (χ4n) is 2.36. The molecule has 6 nitrogen and oxygen atoms in total. The van der Waals surface area contributed by atoms with E-state index in [1.54, 1.807) is 31.4 Å². The Labute approximate surface area is 154 Å². The molecule has 132 valence electrons. The third-order valence-corrected chi connectivity index (χ3v) is 4.43. The fraction of sp³-hybridized carbons (Fsp3) is 0.105. The maximum Gasteiger partial charge on any atom is 0.337 e. The summed E-state index contributed by atoms with van der Waals surface area (Å²) in [7, 11) is 2.91. The zero-order valence-electron chi connectivity index (χ0n) is 14.2. The number of rotatable bonds is 5. The van der Waals surface area contributed by atoms with Crippen molar-refractivity contribution in [2.75, 3.05) is 19.5 Å². The molecule has 0 aliphatic rings. The van der Waals surface area contributed by atoms with E-state index in [9.17, 15) is 9.59 Å². The lowest BCUT2D eigenvalue weighted by molar-refractivity contribution is 0.0600. The molecule has 1 aromatic heterocycles. The Morgan fingerprint density at radius 1 is 1.00 bits per heavy atom. The molecule has 0 atom stereocenters. The molecule has 0 saturated heterocycles. The molecule has 0 unspecified atom stereocenters. The molecule has 0 saturated carbocycles. The van der Waals surface area contributed by atoms with Crippen LogP contribution in [0.4, 0.5) is 5.13 Å². The van der Waals surface area contributed by atoms with E-state index < -0.39 is 5.97 Å². The maximum absolute atomic E-state index is 12.3. The molecular weight excluding hydrogens is 352 g/mol. The largest absolute Gasteiger partial charge is 0.496 e. The molecule has 3 aromatic rings. The number of nitrogens with zero attached hydrogens (tertiary/aromatic N) is 1. The minimum absolute atomic E-state index is 0.303. The lowest BCUT2D eigenvalue weighted by atomic mass is 10.1. The first-order valence-electron chi connectivity index (χ1n) is 7.71. The number of amides is 1. The summed E-state index contributed by atoms with van der Waals surface area (Å²) in [5.41, 5.74) is 2.39. The Morgan fingerprint density at radius 2 is 1.69 bits per heavy atom. The number of benzene rings is 2. The third kappa shape index (κ3) is 3.73. The number of ether oxygens (including phenoxy) is 2. The molecule has 3 rings (SSSR count). The second kappa shape index (κ2) is 7.79. The number of esters is 1. The van der Waals surface area contributed by atoms with Crippen LogP contribution in [0.3, 0.4) is 0 Å². The predicted octanol–water partition coefficient (Wildman–Crippen LogP) is 3.86. The minimum Gasteiger partial charge on any atom is -0.496 e. The van der Waals surface area contributed by atoms with Gasteiger partial charge in [0.1, 0.15) is 5.75 Å². The van der Waals surface area contributed by atoms with Gasteiger partial charge in [-0.2, -0.15) is 0 Å². The lowest BCUT2D eigenvalue weighted by Crippen LogP contribution is -2.12. The summed E-state index contributed by atoms with van der Waals surface area (Å²) in [4.78, 5) is 28.2. The first-order chi connectivity index (χ1) is 12.6. The molecule has 0 bridgehead atoms. The molecule has 26 heavy (non-hydrogen) atoms. The predicted molar refractivity (Wildman–Crippen MR) is 99.8 cm³/mol. The van der Waals surface area contributed by atoms with Crippen LogP contribution in [-0.4, -0.2) is 31.1 Å². The van der Waals surface area contributed by atoms with Gasteiger partial charge in [-0.25, -0.2) is 9.78 Å². The van der Waals surface area contributed by atoms with E-state index in [1.807, 2.05) is 29.6 Å². The Balaban J connectivity index is 1.74. The van der Waals surface area contributed by atoms with Gasteiger partial charge in [0, 0.05) is 16.5 Å². The van der Waals surface area contributed by atoms with Crippen LogP contribution >= 0.6 is 11.3 Å². The van der Waals surface area contributed by atoms with E-state index in [0.717, 1.165) is 11.3 Å². The molecule has 0 aliphatic heterocycles. The lowest BCUT2D eigenvalue weighted by Gasteiger charge is -2.05. The quantitative estimate of drug-likeness (QED) is 0.692. The van der Waals surface area contributed by atoms with Crippen LogP contribution < -0.4 is 10.1 Å². The van der Waals surface area contributed by atoms with Gasteiger partial charge in [-0.1, -0.05) is 12.1 Å². The van der Waals surface area contributed by atoms with Gasteiger partial charge in [0.05, 0.1) is 25.5 Å². The molecular formula is C19H16N2O4S. The van der Waals surface area contributed by atoms with E-state index >= 15 is 0 Å². The van der Waals surface area contributed by atoms with Crippen LogP contribution in [0.5, 0.6) is 5.75 Å². The van der Waals surface area contributed by atoms with Crippen molar-refractivity contribution in [3.8, 4) is 17.0 Å². The number of thiazole rings is 1. The molecule has 1 heterocycles. The fourth-order valence-corrected chi connectivity index (χ4v) is 3.06. The van der Waals surface area contributed by atoms with Crippen molar-refractivity contribution in [1.82, 2.24) is 4.98 Å². The monoisotopic (exact) mass is 368 g/mol. The summed E-state index contributed by atoms with van der Waals surface area (Å²) in [5.74, 6) is -0.0326. The van der Waals surface area contributed by atoms with Crippen LogP contribution in [0.1, 0.15) is 20.7 Å². The number of aromatic nitrogens is 1. The molecule has 0 fully saturated rings. The SMILES string of the molecule is COC(=O)c1ccc(C(=O)Nc2nc(-c3ccccc3OC)cs2)cc1. The summed E-state index contributed by atoms with van der Waals surface area (Å²) in [6.45, 7) is 0. The van der Waals surface area contributed by atoms with Gasteiger partial charge in [0.25, 0.3) is 5.91 Å². The van der Waals surface area contributed by atoms with Gasteiger partial charge < -0.3 is 9.47 Å². The summed E-state index contributed by atoms with van der Waals surface area (Å²) in [6.07, 6.45) is 0. The van der Waals surface area contributed by atoms with Crippen LogP contribution in [0.2, 0.25) is 0 Å². The summed E-state index contributed by atoms with van der Waals surface area (Å²) < 4.78 is 9.98. The summed E-state index contributed by atoms with van der Waals surface area (Å²) in [5, 5.41) is 5.09.